The molecule has 30 heavy (non-hydrogen) atoms. The third-order valence-corrected chi connectivity index (χ3v) is 6.46. The Labute approximate surface area is 199 Å². The van der Waals surface area contributed by atoms with Crippen LogP contribution >= 0.6 is 62.1 Å². The number of carbonyl (C=O) groups is 1. The number of hydrogen-bond donors (Lipinski definition) is 1. The van der Waals surface area contributed by atoms with Crippen molar-refractivity contribution in [1.82, 2.24) is 19.6 Å². The van der Waals surface area contributed by atoms with E-state index in [0.717, 1.165) is 11.1 Å². The number of benzene rings is 1. The number of hydrogen-bond acceptors (Lipinski definition) is 4. The predicted octanol–water partition coefficient (Wildman–Crippen LogP) is 6.21. The van der Waals surface area contributed by atoms with E-state index in [1.807, 2.05) is 17.5 Å². The third-order valence-electron chi connectivity index (χ3n) is 4.12. The average molecular weight is 546 g/mol. The number of halogens is 4. The van der Waals surface area contributed by atoms with Crippen LogP contribution in [-0.4, -0.2) is 25.5 Å². The summed E-state index contributed by atoms with van der Waals surface area (Å²) in [5.74, 6) is 0.194. The molecule has 3 heterocycles. The molecule has 1 N–H and O–H groups in total. The van der Waals surface area contributed by atoms with Gasteiger partial charge in [-0.15, -0.1) is 11.3 Å². The standard InChI is InChI=1S/C19H13BrCl3N5OS/c20-15-9-28(7-12-1-2-13(21)4-16(12)23)26-18(15)25-19(29)17-3-11(10-30-17)6-27-8-14(22)5-24-27/h1-5,8-10H,6-7H2,(H,25,26,29). The van der Waals surface area contributed by atoms with Gasteiger partial charge in [-0.1, -0.05) is 40.9 Å². The van der Waals surface area contributed by atoms with Gasteiger partial charge in [-0.25, -0.2) is 0 Å². The Morgan fingerprint density at radius 3 is 2.67 bits per heavy atom. The molecular formula is C19H13BrCl3N5OS. The number of nitrogens with one attached hydrogen (secondary N) is 1. The molecule has 0 spiro atoms. The van der Waals surface area contributed by atoms with Crippen molar-refractivity contribution < 1.29 is 4.79 Å². The van der Waals surface area contributed by atoms with Gasteiger partial charge in [0.05, 0.1) is 33.7 Å². The van der Waals surface area contributed by atoms with Crippen LogP contribution in [0.15, 0.2) is 52.7 Å². The van der Waals surface area contributed by atoms with Gasteiger partial charge in [-0.2, -0.15) is 10.2 Å². The van der Waals surface area contributed by atoms with Crippen molar-refractivity contribution in [3.05, 3.63) is 83.8 Å². The van der Waals surface area contributed by atoms with Gasteiger partial charge >= 0.3 is 0 Å². The Bertz CT molecular complexity index is 1220. The summed E-state index contributed by atoms with van der Waals surface area (Å²) in [5.41, 5.74) is 1.84. The molecule has 154 valence electrons. The second-order valence-corrected chi connectivity index (χ2v) is 9.43. The number of rotatable bonds is 6. The fourth-order valence-electron chi connectivity index (χ4n) is 2.75. The average Bonchev–Trinajstić information content (AvgIpc) is 3.40. The molecule has 4 rings (SSSR count). The molecule has 0 aliphatic rings. The zero-order valence-electron chi connectivity index (χ0n) is 15.2. The molecule has 0 saturated carbocycles. The monoisotopic (exact) mass is 543 g/mol. The molecule has 11 heteroatoms. The summed E-state index contributed by atoms with van der Waals surface area (Å²) < 4.78 is 4.08. The van der Waals surface area contributed by atoms with E-state index in [2.05, 4.69) is 31.4 Å². The lowest BCUT2D eigenvalue weighted by molar-refractivity contribution is 0.103. The van der Waals surface area contributed by atoms with Crippen molar-refractivity contribution in [2.45, 2.75) is 13.1 Å². The lowest BCUT2D eigenvalue weighted by Crippen LogP contribution is -2.12. The summed E-state index contributed by atoms with van der Waals surface area (Å²) in [6.45, 7) is 0.983. The quantitative estimate of drug-likeness (QED) is 0.313. The van der Waals surface area contributed by atoms with E-state index in [1.165, 1.54) is 11.3 Å². The van der Waals surface area contributed by atoms with Crippen LogP contribution in [-0.2, 0) is 13.1 Å². The number of thiophene rings is 1. The molecule has 0 saturated heterocycles. The minimum absolute atomic E-state index is 0.236. The second-order valence-electron chi connectivity index (χ2n) is 6.39. The number of anilines is 1. The predicted molar refractivity (Wildman–Crippen MR) is 124 cm³/mol. The zero-order chi connectivity index (χ0) is 21.3. The summed E-state index contributed by atoms with van der Waals surface area (Å²) in [6, 6.07) is 7.13. The van der Waals surface area contributed by atoms with Gasteiger partial charge in [-0.05, 0) is 50.6 Å². The molecule has 1 amide bonds. The van der Waals surface area contributed by atoms with Crippen LogP contribution in [0.5, 0.6) is 0 Å². The van der Waals surface area contributed by atoms with Gasteiger partial charge < -0.3 is 5.32 Å². The van der Waals surface area contributed by atoms with Gasteiger partial charge in [0.15, 0.2) is 5.82 Å². The van der Waals surface area contributed by atoms with Crippen LogP contribution < -0.4 is 5.32 Å². The van der Waals surface area contributed by atoms with Crippen LogP contribution in [0.4, 0.5) is 5.82 Å². The number of nitrogens with zero attached hydrogens (tertiary/aromatic N) is 4. The Hall–Kier alpha value is -1.84. The van der Waals surface area contributed by atoms with Crippen molar-refractivity contribution in [3.8, 4) is 0 Å². The van der Waals surface area contributed by atoms with E-state index in [9.17, 15) is 4.79 Å². The fourth-order valence-corrected chi connectivity index (χ4v) is 4.58. The van der Waals surface area contributed by atoms with Gasteiger partial charge in [0.25, 0.3) is 5.91 Å². The minimum Gasteiger partial charge on any atom is -0.303 e. The third kappa shape index (κ3) is 5.07. The summed E-state index contributed by atoms with van der Waals surface area (Å²) in [6.07, 6.45) is 5.09. The fraction of sp³-hybridized carbons (Fsp3) is 0.105. The number of aromatic nitrogens is 4. The van der Waals surface area contributed by atoms with Crippen LogP contribution in [0.25, 0.3) is 0 Å². The highest BCUT2D eigenvalue weighted by atomic mass is 79.9. The Morgan fingerprint density at radius 1 is 1.10 bits per heavy atom. The van der Waals surface area contributed by atoms with Gasteiger partial charge in [0.1, 0.15) is 0 Å². The zero-order valence-corrected chi connectivity index (χ0v) is 19.8. The van der Waals surface area contributed by atoms with Crippen molar-refractivity contribution >= 4 is 73.8 Å². The van der Waals surface area contributed by atoms with Crippen LogP contribution in [0, 0.1) is 0 Å². The molecule has 0 unspecified atom stereocenters. The molecule has 3 aromatic heterocycles. The first-order valence-electron chi connectivity index (χ1n) is 8.61. The molecule has 0 aliphatic heterocycles. The molecule has 0 atom stereocenters. The van der Waals surface area contributed by atoms with Gasteiger partial charge in [0.2, 0.25) is 0 Å². The number of carbonyl (C=O) groups excluding carboxylic acids is 1. The van der Waals surface area contributed by atoms with E-state index in [-0.39, 0.29) is 5.91 Å². The van der Waals surface area contributed by atoms with Crippen molar-refractivity contribution in [2.24, 2.45) is 0 Å². The maximum absolute atomic E-state index is 12.6. The second kappa shape index (κ2) is 9.11. The summed E-state index contributed by atoms with van der Waals surface area (Å²) >= 11 is 22.9. The molecule has 1 aromatic carbocycles. The van der Waals surface area contributed by atoms with E-state index >= 15 is 0 Å². The topological polar surface area (TPSA) is 64.7 Å². The lowest BCUT2D eigenvalue weighted by Gasteiger charge is -2.05. The highest BCUT2D eigenvalue weighted by Crippen LogP contribution is 2.26. The van der Waals surface area contributed by atoms with E-state index in [0.29, 0.717) is 43.3 Å². The highest BCUT2D eigenvalue weighted by Gasteiger charge is 2.15. The summed E-state index contributed by atoms with van der Waals surface area (Å²) in [7, 11) is 0. The lowest BCUT2D eigenvalue weighted by atomic mass is 10.2. The minimum atomic E-state index is -0.236. The van der Waals surface area contributed by atoms with E-state index in [1.54, 1.807) is 40.1 Å². The van der Waals surface area contributed by atoms with Crippen molar-refractivity contribution in [1.29, 1.82) is 0 Å². The van der Waals surface area contributed by atoms with Crippen LogP contribution in [0.1, 0.15) is 20.8 Å². The summed E-state index contributed by atoms with van der Waals surface area (Å²) in [4.78, 5) is 13.2. The molecule has 0 radical (unpaired) electrons. The molecule has 0 fully saturated rings. The Morgan fingerprint density at radius 2 is 1.93 bits per heavy atom. The highest BCUT2D eigenvalue weighted by molar-refractivity contribution is 9.10. The number of amides is 1. The molecular weight excluding hydrogens is 533 g/mol. The molecule has 4 aromatic rings. The van der Waals surface area contributed by atoms with E-state index < -0.39 is 0 Å². The van der Waals surface area contributed by atoms with Crippen molar-refractivity contribution in [2.75, 3.05) is 5.32 Å². The maximum Gasteiger partial charge on any atom is 0.266 e. The maximum atomic E-state index is 12.6. The first-order chi connectivity index (χ1) is 14.4. The Balaban J connectivity index is 1.43. The molecule has 6 nitrogen and oxygen atoms in total. The van der Waals surface area contributed by atoms with Crippen LogP contribution in [0.2, 0.25) is 15.1 Å². The largest absolute Gasteiger partial charge is 0.303 e. The SMILES string of the molecule is O=C(Nc1nn(Cc2ccc(Cl)cc2Cl)cc1Br)c1cc(Cn2cc(Cl)cn2)cs1. The van der Waals surface area contributed by atoms with Crippen LogP contribution in [0.3, 0.4) is 0 Å². The smallest absolute Gasteiger partial charge is 0.266 e. The molecule has 0 aliphatic carbocycles. The first-order valence-corrected chi connectivity index (χ1v) is 11.4. The van der Waals surface area contributed by atoms with E-state index in [4.69, 9.17) is 34.8 Å². The Kier molecular flexibility index (Phi) is 6.50. The van der Waals surface area contributed by atoms with Crippen molar-refractivity contribution in [3.63, 3.8) is 0 Å². The van der Waals surface area contributed by atoms with Gasteiger partial charge in [-0.3, -0.25) is 14.2 Å². The summed E-state index contributed by atoms with van der Waals surface area (Å²) in [5, 5.41) is 15.0. The normalized spacial score (nSPS) is 11.1. The molecule has 0 bridgehead atoms. The van der Waals surface area contributed by atoms with Gasteiger partial charge in [0, 0.05) is 22.4 Å². The first kappa shape index (κ1) is 21.4.